The van der Waals surface area contributed by atoms with E-state index in [9.17, 15) is 4.79 Å². The summed E-state index contributed by atoms with van der Waals surface area (Å²) in [6.07, 6.45) is 5.53. The molecule has 3 nitrogen and oxygen atoms in total. The molecule has 0 aromatic rings. The number of rotatable bonds is 5. The maximum atomic E-state index is 10.3. The van der Waals surface area contributed by atoms with Crippen LogP contribution in [0, 0.1) is 5.92 Å². The van der Waals surface area contributed by atoms with Crippen molar-refractivity contribution < 1.29 is 9.90 Å². The molecule has 0 spiro atoms. The molecule has 0 aromatic heterocycles. The molecule has 1 fully saturated rings. The number of carboxylic acids is 1. The lowest BCUT2D eigenvalue weighted by atomic mass is 10.00. The van der Waals surface area contributed by atoms with E-state index in [0.717, 1.165) is 5.92 Å². The third-order valence-corrected chi connectivity index (χ3v) is 2.91. The van der Waals surface area contributed by atoms with E-state index in [2.05, 4.69) is 12.2 Å². The molecule has 2 N–H and O–H groups in total. The average molecular weight is 185 g/mol. The fourth-order valence-electron chi connectivity index (χ4n) is 2.03. The summed E-state index contributed by atoms with van der Waals surface area (Å²) in [7, 11) is 0. The molecule has 3 heteroatoms. The minimum Gasteiger partial charge on any atom is -0.481 e. The van der Waals surface area contributed by atoms with Crippen LogP contribution >= 0.6 is 0 Å². The quantitative estimate of drug-likeness (QED) is 0.684. The summed E-state index contributed by atoms with van der Waals surface area (Å²) in [6.45, 7) is 2.77. The monoisotopic (exact) mass is 185 g/mol. The molecule has 0 aromatic carbocycles. The van der Waals surface area contributed by atoms with Gasteiger partial charge in [0.25, 0.3) is 0 Å². The first-order valence-corrected chi connectivity index (χ1v) is 5.15. The third-order valence-electron chi connectivity index (χ3n) is 2.91. The molecular formula is C10H19NO2. The topological polar surface area (TPSA) is 49.3 Å². The van der Waals surface area contributed by atoms with Gasteiger partial charge in [-0.2, -0.15) is 0 Å². The van der Waals surface area contributed by atoms with Crippen molar-refractivity contribution in [2.45, 2.75) is 45.1 Å². The lowest BCUT2D eigenvalue weighted by Gasteiger charge is -2.19. The molecular weight excluding hydrogens is 166 g/mol. The van der Waals surface area contributed by atoms with Crippen molar-refractivity contribution in [3.8, 4) is 0 Å². The Morgan fingerprint density at radius 3 is 2.69 bits per heavy atom. The molecule has 0 unspecified atom stereocenters. The Kier molecular flexibility index (Phi) is 4.22. The highest BCUT2D eigenvalue weighted by Crippen LogP contribution is 2.27. The molecule has 0 radical (unpaired) electrons. The second kappa shape index (κ2) is 5.22. The molecule has 13 heavy (non-hydrogen) atoms. The largest absolute Gasteiger partial charge is 0.481 e. The standard InChI is InChI=1S/C10H19NO2/c1-8(9-4-2-3-5-9)11-7-6-10(12)13/h8-9,11H,2-7H2,1H3,(H,12,13)/t8-/m1/s1. The molecule has 0 aliphatic heterocycles. The number of aliphatic carboxylic acids is 1. The first-order chi connectivity index (χ1) is 6.20. The van der Waals surface area contributed by atoms with Gasteiger partial charge in [0.1, 0.15) is 0 Å². The lowest BCUT2D eigenvalue weighted by Crippen LogP contribution is -2.33. The van der Waals surface area contributed by atoms with Crippen LogP contribution in [0.3, 0.4) is 0 Å². The van der Waals surface area contributed by atoms with Gasteiger partial charge in [0, 0.05) is 12.6 Å². The van der Waals surface area contributed by atoms with Gasteiger partial charge in [0.05, 0.1) is 6.42 Å². The maximum Gasteiger partial charge on any atom is 0.304 e. The van der Waals surface area contributed by atoms with Crippen LogP contribution in [0.1, 0.15) is 39.0 Å². The summed E-state index contributed by atoms with van der Waals surface area (Å²) in [5.41, 5.74) is 0. The van der Waals surface area contributed by atoms with Gasteiger partial charge in [-0.1, -0.05) is 12.8 Å². The summed E-state index contributed by atoms with van der Waals surface area (Å²) < 4.78 is 0. The van der Waals surface area contributed by atoms with Crippen molar-refractivity contribution in [2.75, 3.05) is 6.54 Å². The smallest absolute Gasteiger partial charge is 0.304 e. The van der Waals surface area contributed by atoms with E-state index in [0.29, 0.717) is 12.6 Å². The van der Waals surface area contributed by atoms with E-state index in [1.807, 2.05) is 0 Å². The van der Waals surface area contributed by atoms with Gasteiger partial charge >= 0.3 is 5.97 Å². The van der Waals surface area contributed by atoms with Crippen molar-refractivity contribution in [3.05, 3.63) is 0 Å². The van der Waals surface area contributed by atoms with Gasteiger partial charge < -0.3 is 10.4 Å². The predicted octanol–water partition coefficient (Wildman–Crippen LogP) is 1.63. The molecule has 76 valence electrons. The van der Waals surface area contributed by atoms with Crippen LogP contribution in [0.4, 0.5) is 0 Å². The molecule has 0 amide bonds. The molecule has 0 saturated heterocycles. The van der Waals surface area contributed by atoms with Gasteiger partial charge in [0.2, 0.25) is 0 Å². The summed E-state index contributed by atoms with van der Waals surface area (Å²) >= 11 is 0. The second-order valence-corrected chi connectivity index (χ2v) is 3.93. The zero-order valence-electron chi connectivity index (χ0n) is 8.25. The highest BCUT2D eigenvalue weighted by Gasteiger charge is 2.20. The van der Waals surface area contributed by atoms with E-state index in [1.54, 1.807) is 0 Å². The first-order valence-electron chi connectivity index (χ1n) is 5.15. The number of hydrogen-bond acceptors (Lipinski definition) is 2. The van der Waals surface area contributed by atoms with Gasteiger partial charge in [-0.05, 0) is 25.7 Å². The third kappa shape index (κ3) is 3.77. The summed E-state index contributed by atoms with van der Waals surface area (Å²) in [6, 6.07) is 0.488. The van der Waals surface area contributed by atoms with E-state index in [1.165, 1.54) is 25.7 Å². The van der Waals surface area contributed by atoms with E-state index in [4.69, 9.17) is 5.11 Å². The van der Waals surface area contributed by atoms with Crippen molar-refractivity contribution in [1.82, 2.24) is 5.32 Å². The lowest BCUT2D eigenvalue weighted by molar-refractivity contribution is -0.136. The van der Waals surface area contributed by atoms with Crippen molar-refractivity contribution >= 4 is 5.97 Å². The minimum atomic E-state index is -0.717. The van der Waals surface area contributed by atoms with Gasteiger partial charge in [-0.3, -0.25) is 4.79 Å². The van der Waals surface area contributed by atoms with Crippen LogP contribution in [0.2, 0.25) is 0 Å². The molecule has 1 aliphatic carbocycles. The Bertz CT molecular complexity index is 164. The Morgan fingerprint density at radius 1 is 1.54 bits per heavy atom. The van der Waals surface area contributed by atoms with Crippen molar-refractivity contribution in [2.24, 2.45) is 5.92 Å². The Balaban J connectivity index is 2.09. The van der Waals surface area contributed by atoms with E-state index >= 15 is 0 Å². The highest BCUT2D eigenvalue weighted by atomic mass is 16.4. The second-order valence-electron chi connectivity index (χ2n) is 3.93. The van der Waals surface area contributed by atoms with Crippen molar-refractivity contribution in [1.29, 1.82) is 0 Å². The normalized spacial score (nSPS) is 20.4. The number of carboxylic acid groups (broad SMARTS) is 1. The van der Waals surface area contributed by atoms with Gasteiger partial charge in [0.15, 0.2) is 0 Å². The Hall–Kier alpha value is -0.570. The Morgan fingerprint density at radius 2 is 2.15 bits per heavy atom. The fourth-order valence-corrected chi connectivity index (χ4v) is 2.03. The van der Waals surface area contributed by atoms with Crippen molar-refractivity contribution in [3.63, 3.8) is 0 Å². The van der Waals surface area contributed by atoms with Crippen LogP contribution < -0.4 is 5.32 Å². The zero-order chi connectivity index (χ0) is 9.68. The minimum absolute atomic E-state index is 0.233. The Labute approximate surface area is 79.5 Å². The van der Waals surface area contributed by atoms with E-state index in [-0.39, 0.29) is 6.42 Å². The van der Waals surface area contributed by atoms with Crippen LogP contribution in [-0.2, 0) is 4.79 Å². The van der Waals surface area contributed by atoms with Crippen LogP contribution in [-0.4, -0.2) is 23.7 Å². The maximum absolute atomic E-state index is 10.3. The van der Waals surface area contributed by atoms with Crippen LogP contribution in [0.15, 0.2) is 0 Å². The number of carbonyl (C=O) groups is 1. The molecule has 1 saturated carbocycles. The molecule has 0 heterocycles. The average Bonchev–Trinajstić information content (AvgIpc) is 2.55. The summed E-state index contributed by atoms with van der Waals surface area (Å²) in [4.78, 5) is 10.3. The van der Waals surface area contributed by atoms with Gasteiger partial charge in [-0.25, -0.2) is 0 Å². The number of hydrogen-bond donors (Lipinski definition) is 2. The summed E-state index contributed by atoms with van der Waals surface area (Å²) in [5, 5.41) is 11.7. The number of nitrogens with one attached hydrogen (secondary N) is 1. The fraction of sp³-hybridized carbons (Fsp3) is 0.900. The van der Waals surface area contributed by atoms with Crippen LogP contribution in [0.5, 0.6) is 0 Å². The SMILES string of the molecule is C[C@@H](NCCC(=O)O)C1CCCC1. The zero-order valence-corrected chi connectivity index (χ0v) is 8.25. The summed E-state index contributed by atoms with van der Waals surface area (Å²) in [5.74, 6) is 0.0555. The predicted molar refractivity (Wildman–Crippen MR) is 51.7 cm³/mol. The van der Waals surface area contributed by atoms with Crippen LogP contribution in [0.25, 0.3) is 0 Å². The first kappa shape index (κ1) is 10.5. The highest BCUT2D eigenvalue weighted by molar-refractivity contribution is 5.66. The van der Waals surface area contributed by atoms with E-state index < -0.39 is 5.97 Å². The van der Waals surface area contributed by atoms with Gasteiger partial charge in [-0.15, -0.1) is 0 Å². The molecule has 1 rings (SSSR count). The molecule has 1 atom stereocenters. The molecule has 1 aliphatic rings. The molecule has 0 bridgehead atoms.